The Morgan fingerprint density at radius 1 is 1.30 bits per heavy atom. The van der Waals surface area contributed by atoms with Gasteiger partial charge in [-0.15, -0.1) is 0 Å². The van der Waals surface area contributed by atoms with Crippen molar-refractivity contribution >= 4 is 17.0 Å². The Hall–Kier alpha value is -2.86. The summed E-state index contributed by atoms with van der Waals surface area (Å²) in [5, 5.41) is 13.3. The van der Waals surface area contributed by atoms with Crippen molar-refractivity contribution in [2.75, 3.05) is 6.54 Å². The molecule has 0 atom stereocenters. The van der Waals surface area contributed by atoms with Crippen molar-refractivity contribution in [1.29, 1.82) is 0 Å². The highest BCUT2D eigenvalue weighted by Gasteiger charge is 2.15. The van der Waals surface area contributed by atoms with Gasteiger partial charge in [-0.2, -0.15) is 0 Å². The number of rotatable bonds is 2. The average Bonchev–Trinajstić information content (AvgIpc) is 2.99. The molecule has 0 aliphatic carbocycles. The maximum atomic E-state index is 11.1. The van der Waals surface area contributed by atoms with Gasteiger partial charge in [0.1, 0.15) is 11.5 Å². The van der Waals surface area contributed by atoms with Gasteiger partial charge in [0.05, 0.1) is 11.7 Å². The Morgan fingerprint density at radius 3 is 3.09 bits per heavy atom. The van der Waals surface area contributed by atoms with Crippen LogP contribution >= 0.6 is 0 Å². The van der Waals surface area contributed by atoms with Gasteiger partial charge in [-0.3, -0.25) is 9.55 Å². The molecule has 0 fully saturated rings. The van der Waals surface area contributed by atoms with Gasteiger partial charge in [0.2, 0.25) is 0 Å². The van der Waals surface area contributed by atoms with Crippen molar-refractivity contribution in [1.82, 2.24) is 14.9 Å². The maximum absolute atomic E-state index is 11.1. The summed E-state index contributed by atoms with van der Waals surface area (Å²) in [6.45, 7) is 1.73. The Balaban J connectivity index is 1.70. The topological polar surface area (TPSA) is 76.4 Å². The molecule has 1 aromatic carbocycles. The van der Waals surface area contributed by atoms with Crippen molar-refractivity contribution in [2.24, 2.45) is 0 Å². The molecule has 6 nitrogen and oxygen atoms in total. The van der Waals surface area contributed by atoms with Crippen LogP contribution in [0.25, 0.3) is 10.9 Å². The molecule has 0 amide bonds. The van der Waals surface area contributed by atoms with Crippen LogP contribution in [0.5, 0.6) is 11.5 Å². The van der Waals surface area contributed by atoms with Gasteiger partial charge in [0.15, 0.2) is 0 Å². The van der Waals surface area contributed by atoms with Gasteiger partial charge in [-0.25, -0.2) is 4.79 Å². The van der Waals surface area contributed by atoms with Crippen LogP contribution in [0.4, 0.5) is 4.79 Å². The normalized spacial score (nSPS) is 13.7. The van der Waals surface area contributed by atoms with Gasteiger partial charge in [0.25, 0.3) is 0 Å². The van der Waals surface area contributed by atoms with Crippen molar-refractivity contribution < 1.29 is 14.6 Å². The summed E-state index contributed by atoms with van der Waals surface area (Å²) in [5.74, 6) is 1.44. The summed E-state index contributed by atoms with van der Waals surface area (Å²) < 4.78 is 7.20. The molecular weight excluding hydrogens is 294 g/mol. The molecule has 3 aromatic rings. The van der Waals surface area contributed by atoms with E-state index in [1.165, 1.54) is 16.3 Å². The smallest absolute Gasteiger partial charge is 0.415 e. The van der Waals surface area contributed by atoms with Crippen LogP contribution in [0, 0.1) is 0 Å². The monoisotopic (exact) mass is 309 g/mol. The van der Waals surface area contributed by atoms with Crippen molar-refractivity contribution in [3.8, 4) is 11.5 Å². The van der Waals surface area contributed by atoms with Crippen LogP contribution in [0.1, 0.15) is 11.1 Å². The van der Waals surface area contributed by atoms with Gasteiger partial charge in [-0.1, -0.05) is 0 Å². The van der Waals surface area contributed by atoms with E-state index in [1.54, 1.807) is 24.4 Å². The fourth-order valence-corrected chi connectivity index (χ4v) is 2.95. The predicted octanol–water partition coefficient (Wildman–Crippen LogP) is 3.00. The molecule has 2 N–H and O–H groups in total. The van der Waals surface area contributed by atoms with E-state index in [0.717, 1.165) is 36.2 Å². The lowest BCUT2D eigenvalue weighted by Gasteiger charge is -2.19. The molecule has 4 rings (SSSR count). The second-order valence-electron chi connectivity index (χ2n) is 5.49. The molecule has 116 valence electrons. The Labute approximate surface area is 132 Å². The molecule has 0 unspecified atom stereocenters. The van der Waals surface area contributed by atoms with E-state index in [1.807, 2.05) is 12.3 Å². The maximum Gasteiger partial charge on any atom is 0.415 e. The summed E-state index contributed by atoms with van der Waals surface area (Å²) in [6.07, 6.45) is 5.04. The molecule has 2 aromatic heterocycles. The number of fused-ring (bicyclic) bond motifs is 2. The summed E-state index contributed by atoms with van der Waals surface area (Å²) in [6, 6.07) is 7.14. The minimum absolute atomic E-state index is 0.641. The van der Waals surface area contributed by atoms with Crippen LogP contribution in [-0.4, -0.2) is 27.3 Å². The summed E-state index contributed by atoms with van der Waals surface area (Å²) >= 11 is 0. The first-order valence-electron chi connectivity index (χ1n) is 7.41. The van der Waals surface area contributed by atoms with Crippen molar-refractivity contribution in [3.63, 3.8) is 0 Å². The molecule has 0 saturated carbocycles. The molecule has 23 heavy (non-hydrogen) atoms. The summed E-state index contributed by atoms with van der Waals surface area (Å²) in [5.41, 5.74) is 2.98. The van der Waals surface area contributed by atoms with E-state index in [2.05, 4.69) is 10.3 Å². The highest BCUT2D eigenvalue weighted by atomic mass is 16.5. The number of carboxylic acid groups (broad SMARTS) is 1. The van der Waals surface area contributed by atoms with Gasteiger partial charge < -0.3 is 15.2 Å². The number of hydrogen-bond acceptors (Lipinski definition) is 4. The van der Waals surface area contributed by atoms with E-state index in [-0.39, 0.29) is 0 Å². The van der Waals surface area contributed by atoms with Crippen LogP contribution in [0.2, 0.25) is 0 Å². The quantitative estimate of drug-likeness (QED) is 0.761. The van der Waals surface area contributed by atoms with Crippen LogP contribution in [0.3, 0.4) is 0 Å². The molecule has 0 saturated heterocycles. The van der Waals surface area contributed by atoms with E-state index in [9.17, 15) is 4.79 Å². The molecule has 0 radical (unpaired) electrons. The van der Waals surface area contributed by atoms with Crippen molar-refractivity contribution in [2.45, 2.75) is 13.0 Å². The minimum atomic E-state index is -0.998. The molecular formula is C17H15N3O3. The average molecular weight is 309 g/mol. The Morgan fingerprint density at radius 2 is 2.22 bits per heavy atom. The number of nitrogens with zero attached hydrogens (tertiary/aromatic N) is 2. The first-order valence-corrected chi connectivity index (χ1v) is 7.41. The van der Waals surface area contributed by atoms with E-state index in [4.69, 9.17) is 9.84 Å². The lowest BCUT2D eigenvalue weighted by atomic mass is 10.0. The fraction of sp³-hybridized carbons (Fsp3) is 0.176. The highest BCUT2D eigenvalue weighted by Crippen LogP contribution is 2.30. The van der Waals surface area contributed by atoms with E-state index >= 15 is 0 Å². The zero-order valence-electron chi connectivity index (χ0n) is 12.3. The van der Waals surface area contributed by atoms with Gasteiger partial charge in [0, 0.05) is 29.9 Å². The Kier molecular flexibility index (Phi) is 3.24. The third-order valence-electron chi connectivity index (χ3n) is 4.07. The molecule has 6 heteroatoms. The Bertz CT molecular complexity index is 901. The second-order valence-corrected chi connectivity index (χ2v) is 5.49. The van der Waals surface area contributed by atoms with E-state index < -0.39 is 6.09 Å². The van der Waals surface area contributed by atoms with Gasteiger partial charge in [-0.05, 0) is 42.8 Å². The van der Waals surface area contributed by atoms with Crippen LogP contribution in [0.15, 0.2) is 42.9 Å². The standard InChI is InChI=1S/C17H15N3O3/c21-17(22)20-6-4-11-7-13(1-2-15(11)20)23-16-10-19-9-12-8-18-5-3-14(12)16/h1-2,4,6-7,9-10,18H,3,5,8H2,(H,21,22). The highest BCUT2D eigenvalue weighted by molar-refractivity contribution is 5.89. The number of nitrogens with one attached hydrogen (secondary N) is 1. The molecule has 0 spiro atoms. The first-order chi connectivity index (χ1) is 11.2. The third kappa shape index (κ3) is 2.43. The molecule has 1 aliphatic heterocycles. The largest absolute Gasteiger partial charge is 0.464 e. The summed E-state index contributed by atoms with van der Waals surface area (Å²) in [7, 11) is 0. The number of pyridine rings is 1. The first kappa shape index (κ1) is 13.8. The lowest BCUT2D eigenvalue weighted by Crippen LogP contribution is -2.24. The zero-order chi connectivity index (χ0) is 15.8. The second kappa shape index (κ2) is 5.40. The number of aromatic nitrogens is 2. The minimum Gasteiger partial charge on any atom is -0.464 e. The SMILES string of the molecule is O=C(O)n1ccc2cc(Oc3cncc4c3CCNC4)ccc21. The fourth-order valence-electron chi connectivity index (χ4n) is 2.95. The van der Waals surface area contributed by atoms with Gasteiger partial charge >= 0.3 is 6.09 Å². The van der Waals surface area contributed by atoms with Crippen molar-refractivity contribution in [3.05, 3.63) is 54.0 Å². The van der Waals surface area contributed by atoms with Crippen LogP contribution in [-0.2, 0) is 13.0 Å². The molecule has 1 aliphatic rings. The molecule has 3 heterocycles. The summed E-state index contributed by atoms with van der Waals surface area (Å²) in [4.78, 5) is 15.4. The lowest BCUT2D eigenvalue weighted by molar-refractivity contribution is 0.197. The zero-order valence-corrected chi connectivity index (χ0v) is 12.3. The molecule has 0 bridgehead atoms. The number of ether oxygens (including phenoxy) is 1. The number of carbonyl (C=O) groups is 1. The number of hydrogen-bond donors (Lipinski definition) is 2. The van der Waals surface area contributed by atoms with E-state index in [0.29, 0.717) is 11.3 Å². The predicted molar refractivity (Wildman–Crippen MR) is 85.1 cm³/mol. The van der Waals surface area contributed by atoms with Crippen LogP contribution < -0.4 is 10.1 Å². The number of benzene rings is 1. The third-order valence-corrected chi connectivity index (χ3v) is 4.07.